The summed E-state index contributed by atoms with van der Waals surface area (Å²) < 4.78 is 0. The van der Waals surface area contributed by atoms with Gasteiger partial charge in [-0.05, 0) is 6.42 Å². The zero-order valence-corrected chi connectivity index (χ0v) is 6.18. The Morgan fingerprint density at radius 1 is 1.60 bits per heavy atom. The summed E-state index contributed by atoms with van der Waals surface area (Å²) in [6, 6.07) is -0.787. The first kappa shape index (κ1) is 8.94. The highest BCUT2D eigenvalue weighted by Gasteiger charge is 2.10. The summed E-state index contributed by atoms with van der Waals surface area (Å²) in [4.78, 5) is 20.9. The molecule has 0 saturated carbocycles. The summed E-state index contributed by atoms with van der Waals surface area (Å²) in [6.07, 6.45) is 0.707. The molecule has 4 nitrogen and oxygen atoms in total. The van der Waals surface area contributed by atoms with Crippen molar-refractivity contribution in [1.29, 1.82) is 0 Å². The molecular formula is C6H12N2O2. The van der Waals surface area contributed by atoms with E-state index in [2.05, 4.69) is 0 Å². The average Bonchev–Trinajstić information content (AvgIpc) is 1.85. The van der Waals surface area contributed by atoms with Crippen LogP contribution in [0.25, 0.3) is 0 Å². The van der Waals surface area contributed by atoms with Crippen LogP contribution in [0, 0.1) is 5.92 Å². The van der Waals surface area contributed by atoms with Gasteiger partial charge < -0.3 is 5.73 Å². The molecule has 0 heterocycles. The maximum Gasteiger partial charge on any atom is 0.318 e. The molecule has 3 N–H and O–H groups in total. The van der Waals surface area contributed by atoms with E-state index in [9.17, 15) is 9.59 Å². The molecule has 4 heteroatoms. The van der Waals surface area contributed by atoms with Crippen molar-refractivity contribution in [3.63, 3.8) is 0 Å². The Bertz CT molecular complexity index is 145. The molecule has 10 heavy (non-hydrogen) atoms. The number of carbonyl (C=O) groups excluding carboxylic acids is 2. The van der Waals surface area contributed by atoms with Crippen LogP contribution >= 0.6 is 0 Å². The Labute approximate surface area is 59.8 Å². The lowest BCUT2D eigenvalue weighted by atomic mass is 10.1. The molecule has 3 amide bonds. The molecule has 58 valence electrons. The second-order valence-electron chi connectivity index (χ2n) is 2.16. The first-order valence-electron chi connectivity index (χ1n) is 3.18. The van der Waals surface area contributed by atoms with Gasteiger partial charge >= 0.3 is 6.03 Å². The predicted octanol–water partition coefficient (Wildman–Crippen LogP) is 0.227. The number of hydrogen-bond donors (Lipinski definition) is 2. The minimum atomic E-state index is -0.787. The second-order valence-corrected chi connectivity index (χ2v) is 2.16. The van der Waals surface area contributed by atoms with Crippen LogP contribution in [0.1, 0.15) is 20.3 Å². The number of rotatable bonds is 2. The standard InChI is InChI=1S/C6H12N2O2/c1-3-4(2)5(9)8-6(7)10/h4H,3H2,1-2H3,(H3,7,8,9,10). The molecule has 0 aliphatic carbocycles. The van der Waals surface area contributed by atoms with Crippen molar-refractivity contribution in [2.45, 2.75) is 20.3 Å². The molecule has 0 spiro atoms. The average molecular weight is 144 g/mol. The highest BCUT2D eigenvalue weighted by atomic mass is 16.2. The summed E-state index contributed by atoms with van der Waals surface area (Å²) >= 11 is 0. The maximum absolute atomic E-state index is 10.8. The van der Waals surface area contributed by atoms with Gasteiger partial charge in [0.15, 0.2) is 0 Å². The van der Waals surface area contributed by atoms with E-state index < -0.39 is 6.03 Å². The quantitative estimate of drug-likeness (QED) is 0.582. The van der Waals surface area contributed by atoms with Gasteiger partial charge in [0.25, 0.3) is 0 Å². The van der Waals surface area contributed by atoms with Crippen LogP contribution in [-0.4, -0.2) is 11.9 Å². The number of nitrogens with two attached hydrogens (primary N) is 1. The lowest BCUT2D eigenvalue weighted by Gasteiger charge is -2.05. The monoisotopic (exact) mass is 144 g/mol. The zero-order valence-electron chi connectivity index (χ0n) is 6.18. The Balaban J connectivity index is 3.73. The number of primary amides is 1. The normalized spacial score (nSPS) is 12.2. The minimum absolute atomic E-state index is 0.146. The summed E-state index contributed by atoms with van der Waals surface area (Å²) in [6.45, 7) is 3.60. The van der Waals surface area contributed by atoms with E-state index in [0.29, 0.717) is 6.42 Å². The SMILES string of the molecule is CCC(C)C(=O)NC(N)=O. The maximum atomic E-state index is 10.8. The van der Waals surface area contributed by atoms with E-state index in [1.807, 2.05) is 12.2 Å². The van der Waals surface area contributed by atoms with Crippen LogP contribution in [0.3, 0.4) is 0 Å². The lowest BCUT2D eigenvalue weighted by molar-refractivity contribution is -0.123. The van der Waals surface area contributed by atoms with Crippen molar-refractivity contribution in [3.8, 4) is 0 Å². The van der Waals surface area contributed by atoms with Gasteiger partial charge in [0.1, 0.15) is 0 Å². The van der Waals surface area contributed by atoms with E-state index >= 15 is 0 Å². The van der Waals surface area contributed by atoms with E-state index in [-0.39, 0.29) is 11.8 Å². The van der Waals surface area contributed by atoms with Gasteiger partial charge in [0.2, 0.25) is 5.91 Å². The van der Waals surface area contributed by atoms with Crippen molar-refractivity contribution in [2.75, 3.05) is 0 Å². The molecule has 0 fully saturated rings. The summed E-state index contributed by atoms with van der Waals surface area (Å²) in [5.74, 6) is -0.456. The Morgan fingerprint density at radius 3 is 2.40 bits per heavy atom. The number of amides is 3. The molecule has 1 atom stereocenters. The Kier molecular flexibility index (Phi) is 3.46. The first-order valence-corrected chi connectivity index (χ1v) is 3.18. The third-order valence-electron chi connectivity index (χ3n) is 1.31. The van der Waals surface area contributed by atoms with E-state index in [1.54, 1.807) is 6.92 Å². The smallest absolute Gasteiger partial charge is 0.318 e. The van der Waals surface area contributed by atoms with Crippen LogP contribution in [0.2, 0.25) is 0 Å². The number of nitrogens with one attached hydrogen (secondary N) is 1. The minimum Gasteiger partial charge on any atom is -0.351 e. The molecular weight excluding hydrogens is 132 g/mol. The van der Waals surface area contributed by atoms with Crippen molar-refractivity contribution < 1.29 is 9.59 Å². The highest BCUT2D eigenvalue weighted by Crippen LogP contribution is 1.98. The van der Waals surface area contributed by atoms with Crippen LogP contribution in [0.4, 0.5) is 4.79 Å². The van der Waals surface area contributed by atoms with Crippen molar-refractivity contribution in [3.05, 3.63) is 0 Å². The predicted molar refractivity (Wildman–Crippen MR) is 37.2 cm³/mol. The van der Waals surface area contributed by atoms with Gasteiger partial charge in [-0.2, -0.15) is 0 Å². The Morgan fingerprint density at radius 2 is 2.10 bits per heavy atom. The van der Waals surface area contributed by atoms with E-state index in [1.165, 1.54) is 0 Å². The van der Waals surface area contributed by atoms with E-state index in [4.69, 9.17) is 5.73 Å². The molecule has 0 aromatic heterocycles. The molecule has 0 aromatic carbocycles. The number of carbonyl (C=O) groups is 2. The molecule has 0 bridgehead atoms. The van der Waals surface area contributed by atoms with Crippen molar-refractivity contribution >= 4 is 11.9 Å². The van der Waals surface area contributed by atoms with Gasteiger partial charge in [-0.3, -0.25) is 10.1 Å². The van der Waals surface area contributed by atoms with E-state index in [0.717, 1.165) is 0 Å². The summed E-state index contributed by atoms with van der Waals surface area (Å²) in [5, 5.41) is 1.99. The molecule has 0 aliphatic rings. The van der Waals surface area contributed by atoms with Gasteiger partial charge in [-0.15, -0.1) is 0 Å². The largest absolute Gasteiger partial charge is 0.351 e. The van der Waals surface area contributed by atoms with Gasteiger partial charge in [-0.1, -0.05) is 13.8 Å². The molecule has 0 aromatic rings. The van der Waals surface area contributed by atoms with Crippen LogP contribution in [-0.2, 0) is 4.79 Å². The summed E-state index contributed by atoms with van der Waals surface area (Å²) in [7, 11) is 0. The lowest BCUT2D eigenvalue weighted by Crippen LogP contribution is -2.38. The van der Waals surface area contributed by atoms with Crippen LogP contribution < -0.4 is 11.1 Å². The van der Waals surface area contributed by atoms with Crippen molar-refractivity contribution in [2.24, 2.45) is 11.7 Å². The van der Waals surface area contributed by atoms with Crippen LogP contribution in [0.15, 0.2) is 0 Å². The number of imide groups is 1. The van der Waals surface area contributed by atoms with Crippen LogP contribution in [0.5, 0.6) is 0 Å². The fourth-order valence-electron chi connectivity index (χ4n) is 0.430. The molecule has 0 radical (unpaired) electrons. The number of hydrogen-bond acceptors (Lipinski definition) is 2. The summed E-state index contributed by atoms with van der Waals surface area (Å²) in [5.41, 5.74) is 4.71. The zero-order chi connectivity index (χ0) is 8.15. The third-order valence-corrected chi connectivity index (χ3v) is 1.31. The number of urea groups is 1. The fourth-order valence-corrected chi connectivity index (χ4v) is 0.430. The van der Waals surface area contributed by atoms with Gasteiger partial charge in [-0.25, -0.2) is 4.79 Å². The van der Waals surface area contributed by atoms with Crippen molar-refractivity contribution in [1.82, 2.24) is 5.32 Å². The molecule has 1 unspecified atom stereocenters. The second kappa shape index (κ2) is 3.87. The van der Waals surface area contributed by atoms with Gasteiger partial charge in [0, 0.05) is 5.92 Å². The topological polar surface area (TPSA) is 72.2 Å². The molecule has 0 rings (SSSR count). The fraction of sp³-hybridized carbons (Fsp3) is 0.667. The van der Waals surface area contributed by atoms with Gasteiger partial charge in [0.05, 0.1) is 0 Å². The Hall–Kier alpha value is -1.06. The molecule has 0 saturated heterocycles. The third kappa shape index (κ3) is 3.06. The first-order chi connectivity index (χ1) is 4.57. The molecule has 0 aliphatic heterocycles. The highest BCUT2D eigenvalue weighted by molar-refractivity contribution is 5.94.